The Kier molecular flexibility index (Phi) is 4.87. The molecule has 22 heavy (non-hydrogen) atoms. The summed E-state index contributed by atoms with van der Waals surface area (Å²) in [4.78, 5) is 27.0. The van der Waals surface area contributed by atoms with Crippen LogP contribution in [0.25, 0.3) is 0 Å². The molecule has 4 atom stereocenters. The average Bonchev–Trinajstić information content (AvgIpc) is 2.83. The van der Waals surface area contributed by atoms with Gasteiger partial charge in [-0.2, -0.15) is 10.2 Å². The second kappa shape index (κ2) is 6.65. The van der Waals surface area contributed by atoms with Gasteiger partial charge in [0.15, 0.2) is 6.23 Å². The second-order valence-corrected chi connectivity index (χ2v) is 4.80. The van der Waals surface area contributed by atoms with Crippen molar-refractivity contribution in [3.63, 3.8) is 0 Å². The number of aliphatic hydroxyl groups is 2. The van der Waals surface area contributed by atoms with Crippen LogP contribution in [0.1, 0.15) is 19.6 Å². The van der Waals surface area contributed by atoms with Crippen molar-refractivity contribution in [3.05, 3.63) is 22.7 Å². The van der Waals surface area contributed by atoms with Gasteiger partial charge in [-0.15, -0.1) is 0 Å². The fraction of sp³-hybridized carbons (Fsp3) is 0.538. The fourth-order valence-corrected chi connectivity index (χ4v) is 2.18. The smallest absolute Gasteiger partial charge is 0.351 e. The highest BCUT2D eigenvalue weighted by Gasteiger charge is 2.45. The molecule has 1 aliphatic rings. The maximum absolute atomic E-state index is 12.0. The molecule has 0 aliphatic carbocycles. The SMILES string of the molecule is CCC(=O)Nc1ccn([C@@H]2O[C@H](CO)[C@@H](O)[C@@H]2C#N)c(=O)n1. The summed E-state index contributed by atoms with van der Waals surface area (Å²) < 4.78 is 6.40. The number of aromatic nitrogens is 2. The molecule has 1 amide bonds. The monoisotopic (exact) mass is 308 g/mol. The van der Waals surface area contributed by atoms with E-state index in [0.29, 0.717) is 0 Å². The van der Waals surface area contributed by atoms with Gasteiger partial charge in [-0.05, 0) is 6.07 Å². The Morgan fingerprint density at radius 2 is 2.36 bits per heavy atom. The number of aliphatic hydroxyl groups excluding tert-OH is 2. The highest BCUT2D eigenvalue weighted by atomic mass is 16.5. The van der Waals surface area contributed by atoms with Crippen molar-refractivity contribution in [1.29, 1.82) is 5.26 Å². The zero-order valence-electron chi connectivity index (χ0n) is 11.8. The summed E-state index contributed by atoms with van der Waals surface area (Å²) in [5, 5.41) is 30.5. The summed E-state index contributed by atoms with van der Waals surface area (Å²) in [7, 11) is 0. The van der Waals surface area contributed by atoms with E-state index in [1.54, 1.807) is 6.92 Å². The van der Waals surface area contributed by atoms with Crippen LogP contribution < -0.4 is 11.0 Å². The molecular formula is C13H16N4O5. The van der Waals surface area contributed by atoms with Crippen molar-refractivity contribution in [2.75, 3.05) is 11.9 Å². The lowest BCUT2D eigenvalue weighted by Gasteiger charge is -2.16. The van der Waals surface area contributed by atoms with Crippen LogP contribution in [0.5, 0.6) is 0 Å². The number of carbonyl (C=O) groups is 1. The number of carbonyl (C=O) groups excluding carboxylic acids is 1. The summed E-state index contributed by atoms with van der Waals surface area (Å²) in [6.45, 7) is 1.19. The molecule has 1 aromatic heterocycles. The second-order valence-electron chi connectivity index (χ2n) is 4.80. The summed E-state index contributed by atoms with van der Waals surface area (Å²) in [6.07, 6.45) is -1.63. The van der Waals surface area contributed by atoms with Crippen LogP contribution >= 0.6 is 0 Å². The molecule has 0 unspecified atom stereocenters. The Labute approximate surface area is 125 Å². The van der Waals surface area contributed by atoms with Gasteiger partial charge in [-0.3, -0.25) is 9.36 Å². The Morgan fingerprint density at radius 3 is 2.91 bits per heavy atom. The zero-order chi connectivity index (χ0) is 16.3. The summed E-state index contributed by atoms with van der Waals surface area (Å²) in [6, 6.07) is 3.26. The average molecular weight is 308 g/mol. The third-order valence-corrected chi connectivity index (χ3v) is 3.39. The number of nitriles is 1. The van der Waals surface area contributed by atoms with Gasteiger partial charge in [-0.25, -0.2) is 4.79 Å². The third-order valence-electron chi connectivity index (χ3n) is 3.39. The first-order valence-corrected chi connectivity index (χ1v) is 6.74. The third kappa shape index (κ3) is 2.99. The summed E-state index contributed by atoms with van der Waals surface area (Å²) in [5.74, 6) is -1.20. The number of nitrogens with one attached hydrogen (secondary N) is 1. The maximum atomic E-state index is 12.0. The predicted octanol–water partition coefficient (Wildman–Crippen LogP) is -1.02. The minimum absolute atomic E-state index is 0.0962. The van der Waals surface area contributed by atoms with E-state index in [1.807, 2.05) is 6.07 Å². The van der Waals surface area contributed by atoms with E-state index in [2.05, 4.69) is 10.3 Å². The number of rotatable bonds is 4. The minimum atomic E-state index is -1.20. The molecule has 0 radical (unpaired) electrons. The van der Waals surface area contributed by atoms with Crippen LogP contribution in [0.3, 0.4) is 0 Å². The van der Waals surface area contributed by atoms with Crippen molar-refractivity contribution >= 4 is 11.7 Å². The van der Waals surface area contributed by atoms with Gasteiger partial charge < -0.3 is 20.3 Å². The number of ether oxygens (including phenoxy) is 1. The first kappa shape index (κ1) is 16.1. The lowest BCUT2D eigenvalue weighted by molar-refractivity contribution is -0.115. The highest BCUT2D eigenvalue weighted by Crippen LogP contribution is 2.33. The van der Waals surface area contributed by atoms with E-state index in [4.69, 9.17) is 15.1 Å². The quantitative estimate of drug-likeness (QED) is 0.647. The number of anilines is 1. The van der Waals surface area contributed by atoms with Gasteiger partial charge in [0.1, 0.15) is 23.9 Å². The van der Waals surface area contributed by atoms with Crippen LogP contribution in [0.15, 0.2) is 17.1 Å². The van der Waals surface area contributed by atoms with Crippen molar-refractivity contribution < 1.29 is 19.7 Å². The van der Waals surface area contributed by atoms with Crippen molar-refractivity contribution in [2.24, 2.45) is 5.92 Å². The molecule has 2 heterocycles. The zero-order valence-corrected chi connectivity index (χ0v) is 11.8. The molecule has 3 N–H and O–H groups in total. The standard InChI is InChI=1S/C13H16N4O5/c1-2-10(19)15-9-3-4-17(13(21)16-9)12-7(5-14)11(20)8(6-18)22-12/h3-4,7-8,11-12,18,20H,2,6H2,1H3,(H,15,16,19,21)/t7-,8+,11-,12+/m0/s1. The van der Waals surface area contributed by atoms with Crippen LogP contribution in [0.2, 0.25) is 0 Å². The molecule has 0 aromatic carbocycles. The minimum Gasteiger partial charge on any atom is -0.394 e. The van der Waals surface area contributed by atoms with Crippen LogP contribution in [-0.2, 0) is 9.53 Å². The van der Waals surface area contributed by atoms with Crippen molar-refractivity contribution in [2.45, 2.75) is 31.8 Å². The molecule has 9 nitrogen and oxygen atoms in total. The molecule has 0 spiro atoms. The predicted molar refractivity (Wildman–Crippen MR) is 73.5 cm³/mol. The van der Waals surface area contributed by atoms with Gasteiger partial charge in [0.2, 0.25) is 5.91 Å². The molecule has 118 valence electrons. The molecule has 1 aliphatic heterocycles. The number of hydrogen-bond acceptors (Lipinski definition) is 7. The van der Waals surface area contributed by atoms with Gasteiger partial charge >= 0.3 is 5.69 Å². The molecule has 1 saturated heterocycles. The van der Waals surface area contributed by atoms with Gasteiger partial charge in [0.05, 0.1) is 12.7 Å². The number of nitrogens with zero attached hydrogens (tertiary/aromatic N) is 3. The summed E-state index contributed by atoms with van der Waals surface area (Å²) >= 11 is 0. The van der Waals surface area contributed by atoms with Gasteiger partial charge in [0, 0.05) is 12.6 Å². The number of hydrogen-bond donors (Lipinski definition) is 3. The first-order chi connectivity index (χ1) is 10.5. The molecule has 2 rings (SSSR count). The van der Waals surface area contributed by atoms with Crippen molar-refractivity contribution in [1.82, 2.24) is 9.55 Å². The lowest BCUT2D eigenvalue weighted by atomic mass is 10.0. The Bertz CT molecular complexity index is 653. The first-order valence-electron chi connectivity index (χ1n) is 6.74. The normalized spacial score (nSPS) is 27.4. The van der Waals surface area contributed by atoms with Crippen LogP contribution in [-0.4, -0.2) is 44.5 Å². The highest BCUT2D eigenvalue weighted by molar-refractivity contribution is 5.89. The molecule has 0 bridgehead atoms. The molecule has 9 heteroatoms. The molecular weight excluding hydrogens is 292 g/mol. The molecule has 0 saturated carbocycles. The van der Waals surface area contributed by atoms with E-state index in [-0.39, 0.29) is 18.1 Å². The van der Waals surface area contributed by atoms with Gasteiger partial charge in [-0.1, -0.05) is 6.92 Å². The topological polar surface area (TPSA) is 137 Å². The molecule has 1 aromatic rings. The van der Waals surface area contributed by atoms with E-state index in [0.717, 1.165) is 4.57 Å². The van der Waals surface area contributed by atoms with Gasteiger partial charge in [0.25, 0.3) is 0 Å². The number of amides is 1. The molecule has 1 fully saturated rings. The lowest BCUT2D eigenvalue weighted by Crippen LogP contribution is -2.32. The summed E-state index contributed by atoms with van der Waals surface area (Å²) in [5.41, 5.74) is -0.732. The van der Waals surface area contributed by atoms with E-state index >= 15 is 0 Å². The van der Waals surface area contributed by atoms with E-state index in [1.165, 1.54) is 12.3 Å². The Morgan fingerprint density at radius 1 is 1.64 bits per heavy atom. The maximum Gasteiger partial charge on any atom is 0.351 e. The Balaban J connectivity index is 2.28. The Hall–Kier alpha value is -2.28. The van der Waals surface area contributed by atoms with E-state index in [9.17, 15) is 14.7 Å². The fourth-order valence-electron chi connectivity index (χ4n) is 2.18. The van der Waals surface area contributed by atoms with Crippen molar-refractivity contribution in [3.8, 4) is 6.07 Å². The largest absolute Gasteiger partial charge is 0.394 e. The van der Waals surface area contributed by atoms with Crippen LogP contribution in [0, 0.1) is 17.2 Å². The van der Waals surface area contributed by atoms with E-state index < -0.39 is 36.7 Å². The van der Waals surface area contributed by atoms with Crippen LogP contribution in [0.4, 0.5) is 5.82 Å².